The van der Waals surface area contributed by atoms with Gasteiger partial charge >= 0.3 is 4.87 Å². The molecule has 0 radical (unpaired) electrons. The second-order valence-electron chi connectivity index (χ2n) is 10.7. The summed E-state index contributed by atoms with van der Waals surface area (Å²) in [5, 5.41) is 4.99. The maximum Gasteiger partial charge on any atom is 0.308 e. The van der Waals surface area contributed by atoms with E-state index in [4.69, 9.17) is 23.2 Å². The molecule has 1 saturated heterocycles. The van der Waals surface area contributed by atoms with Gasteiger partial charge in [0.1, 0.15) is 11.8 Å². The maximum atomic E-state index is 14.1. The van der Waals surface area contributed by atoms with Gasteiger partial charge in [0.05, 0.1) is 26.7 Å². The molecule has 220 valence electrons. The van der Waals surface area contributed by atoms with Crippen LogP contribution in [0, 0.1) is 12.8 Å². The number of rotatable bonds is 5. The number of anilines is 2. The predicted molar refractivity (Wildman–Crippen MR) is 176 cm³/mol. The summed E-state index contributed by atoms with van der Waals surface area (Å²) in [4.78, 5) is 56.3. The molecule has 2 aliphatic heterocycles. The third-order valence-corrected chi connectivity index (χ3v) is 11.5. The molecule has 5 aromatic rings. The molecule has 3 heterocycles. The Hall–Kier alpha value is -3.89. The fraction of sp³-hybridized carbons (Fsp3) is 0.152. The van der Waals surface area contributed by atoms with Crippen LogP contribution in [-0.2, 0) is 20.9 Å². The van der Waals surface area contributed by atoms with E-state index >= 15 is 0 Å². The minimum Gasteiger partial charge on any atom is -0.324 e. The third-order valence-electron chi connectivity index (χ3n) is 8.02. The number of thiazole rings is 1. The number of nitrogens with one attached hydrogen (secondary N) is 1. The molecule has 1 fully saturated rings. The van der Waals surface area contributed by atoms with E-state index in [0.717, 1.165) is 39.4 Å². The molecule has 0 spiro atoms. The average Bonchev–Trinajstić information content (AvgIpc) is 3.45. The second-order valence-corrected chi connectivity index (χ2v) is 13.6. The Morgan fingerprint density at radius 3 is 2.41 bits per heavy atom. The smallest absolute Gasteiger partial charge is 0.308 e. The first-order valence-electron chi connectivity index (χ1n) is 13.8. The van der Waals surface area contributed by atoms with Crippen molar-refractivity contribution < 1.29 is 14.4 Å². The van der Waals surface area contributed by atoms with Gasteiger partial charge in [0.15, 0.2) is 0 Å². The highest BCUT2D eigenvalue weighted by Gasteiger charge is 2.57. The molecular weight excluding hydrogens is 637 g/mol. The topological polar surface area (TPSA) is 88.5 Å². The number of carbonyl (C=O) groups excluding carboxylic acids is 3. The highest BCUT2D eigenvalue weighted by atomic mass is 35.5. The van der Waals surface area contributed by atoms with Gasteiger partial charge in [-0.25, -0.2) is 4.90 Å². The Bertz CT molecular complexity index is 2050. The third kappa shape index (κ3) is 4.75. The molecule has 3 amide bonds. The van der Waals surface area contributed by atoms with Gasteiger partial charge in [-0.1, -0.05) is 113 Å². The lowest BCUT2D eigenvalue weighted by Crippen LogP contribution is -2.33. The van der Waals surface area contributed by atoms with Gasteiger partial charge in [-0.05, 0) is 42.1 Å². The number of nitrogens with zero attached hydrogens (tertiary/aromatic N) is 2. The molecule has 0 bridgehead atoms. The molecule has 0 unspecified atom stereocenters. The van der Waals surface area contributed by atoms with Gasteiger partial charge < -0.3 is 5.32 Å². The fourth-order valence-corrected chi connectivity index (χ4v) is 9.16. The van der Waals surface area contributed by atoms with Crippen molar-refractivity contribution in [3.63, 3.8) is 0 Å². The van der Waals surface area contributed by atoms with E-state index in [0.29, 0.717) is 31.9 Å². The van der Waals surface area contributed by atoms with Crippen molar-refractivity contribution in [2.75, 3.05) is 10.2 Å². The molecular formula is C33H23Cl2N3O4S2. The first-order valence-corrected chi connectivity index (χ1v) is 16.2. The van der Waals surface area contributed by atoms with Crippen molar-refractivity contribution in [3.05, 3.63) is 121 Å². The first kappa shape index (κ1) is 28.9. The highest BCUT2D eigenvalue weighted by Crippen LogP contribution is 2.55. The summed E-state index contributed by atoms with van der Waals surface area (Å²) in [6.07, 6.45) is 0. The lowest BCUT2D eigenvalue weighted by Gasteiger charge is -2.31. The molecule has 11 heteroatoms. The number of imide groups is 1. The van der Waals surface area contributed by atoms with Crippen molar-refractivity contribution in [3.8, 4) is 0 Å². The Morgan fingerprint density at radius 2 is 1.61 bits per heavy atom. The summed E-state index contributed by atoms with van der Waals surface area (Å²) in [5.74, 6) is -2.68. The van der Waals surface area contributed by atoms with E-state index in [1.165, 1.54) is 9.47 Å². The number of amides is 3. The van der Waals surface area contributed by atoms with Crippen LogP contribution in [0.3, 0.4) is 0 Å². The number of hydrogen-bond donors (Lipinski definition) is 1. The first-order chi connectivity index (χ1) is 21.2. The summed E-state index contributed by atoms with van der Waals surface area (Å²) in [5.41, 5.74) is 2.66. The van der Waals surface area contributed by atoms with E-state index in [1.807, 2.05) is 61.5 Å². The zero-order chi connectivity index (χ0) is 30.7. The van der Waals surface area contributed by atoms with Gasteiger partial charge in [0, 0.05) is 21.9 Å². The molecule has 0 saturated carbocycles. The highest BCUT2D eigenvalue weighted by molar-refractivity contribution is 8.00. The van der Waals surface area contributed by atoms with Crippen LogP contribution in [0.5, 0.6) is 0 Å². The van der Waals surface area contributed by atoms with E-state index < -0.39 is 17.1 Å². The van der Waals surface area contributed by atoms with Crippen LogP contribution in [0.25, 0.3) is 10.8 Å². The molecule has 3 atom stereocenters. The number of halogens is 2. The summed E-state index contributed by atoms with van der Waals surface area (Å²) >= 11 is 15.2. The normalized spacial score (nSPS) is 19.2. The summed E-state index contributed by atoms with van der Waals surface area (Å²) < 4.78 is 1.39. The van der Waals surface area contributed by atoms with E-state index in [-0.39, 0.29) is 34.2 Å². The lowest BCUT2D eigenvalue weighted by molar-refractivity contribution is -0.122. The quantitative estimate of drug-likeness (QED) is 0.203. The standard InChI is InChI=1S/C33H23Cl2N3O4S2/c1-17-12-14-19(15-13-17)38-30(40)26-25(21-9-5-10-22(34)27(21)35)29-32(43-28(26)31(38)41)37(33(42)44-29)16-24(39)36-23-11-4-7-18-6-2-3-8-20(18)23/h2-15,25-26,28H,16H2,1H3,(H,36,39)/t25-,26-,28+/m0/s1. The molecule has 0 aliphatic carbocycles. The monoisotopic (exact) mass is 659 g/mol. The van der Waals surface area contributed by atoms with Crippen LogP contribution < -0.4 is 15.1 Å². The summed E-state index contributed by atoms with van der Waals surface area (Å²) in [6, 6.07) is 25.7. The summed E-state index contributed by atoms with van der Waals surface area (Å²) in [7, 11) is 0. The zero-order valence-corrected chi connectivity index (χ0v) is 26.3. The maximum absolute atomic E-state index is 14.1. The van der Waals surface area contributed by atoms with Crippen LogP contribution >= 0.6 is 46.3 Å². The second kappa shape index (κ2) is 11.2. The number of hydrogen-bond acceptors (Lipinski definition) is 6. The van der Waals surface area contributed by atoms with Crippen LogP contribution in [0.1, 0.15) is 21.9 Å². The lowest BCUT2D eigenvalue weighted by atomic mass is 9.83. The van der Waals surface area contributed by atoms with Gasteiger partial charge in [0.2, 0.25) is 17.7 Å². The molecule has 44 heavy (non-hydrogen) atoms. The van der Waals surface area contributed by atoms with Gasteiger partial charge in [-0.3, -0.25) is 23.7 Å². The molecule has 1 N–H and O–H groups in total. The number of fused-ring (bicyclic) bond motifs is 3. The Kier molecular flexibility index (Phi) is 7.37. The van der Waals surface area contributed by atoms with Gasteiger partial charge in [-0.2, -0.15) is 0 Å². The molecule has 2 aliphatic rings. The Morgan fingerprint density at radius 1 is 0.886 bits per heavy atom. The number of aromatic nitrogens is 1. The van der Waals surface area contributed by atoms with Crippen LogP contribution in [0.2, 0.25) is 10.0 Å². The van der Waals surface area contributed by atoms with Crippen molar-refractivity contribution in [2.45, 2.75) is 29.7 Å². The summed E-state index contributed by atoms with van der Waals surface area (Å²) in [6.45, 7) is 1.66. The van der Waals surface area contributed by atoms with E-state index in [2.05, 4.69) is 5.32 Å². The van der Waals surface area contributed by atoms with Crippen LogP contribution in [-0.4, -0.2) is 27.5 Å². The number of aryl methyl sites for hydroxylation is 1. The number of carbonyl (C=O) groups is 3. The minimum atomic E-state index is -0.835. The Labute approximate surface area is 270 Å². The molecule has 7 nitrogen and oxygen atoms in total. The zero-order valence-electron chi connectivity index (χ0n) is 23.1. The molecule has 7 rings (SSSR count). The SMILES string of the molecule is Cc1ccc(N2C(=O)[C@H]3[C@H](c4cccc(Cl)c4Cl)c4sc(=O)n(CC(=O)Nc5cccc6ccccc56)c4S[C@H]3C2=O)cc1. The van der Waals surface area contributed by atoms with Crippen molar-refractivity contribution in [2.24, 2.45) is 5.92 Å². The van der Waals surface area contributed by atoms with Crippen LogP contribution in [0.4, 0.5) is 11.4 Å². The van der Waals surface area contributed by atoms with Crippen molar-refractivity contribution in [1.29, 1.82) is 0 Å². The van der Waals surface area contributed by atoms with Gasteiger partial charge in [0.25, 0.3) is 0 Å². The van der Waals surface area contributed by atoms with Crippen molar-refractivity contribution >= 4 is 86.2 Å². The Balaban J connectivity index is 1.30. The van der Waals surface area contributed by atoms with E-state index in [9.17, 15) is 19.2 Å². The van der Waals surface area contributed by atoms with Crippen molar-refractivity contribution in [1.82, 2.24) is 4.57 Å². The molecule has 4 aromatic carbocycles. The van der Waals surface area contributed by atoms with Gasteiger partial charge in [-0.15, -0.1) is 0 Å². The molecule has 1 aromatic heterocycles. The van der Waals surface area contributed by atoms with E-state index in [1.54, 1.807) is 30.3 Å². The fourth-order valence-electron chi connectivity index (χ4n) is 5.97. The minimum absolute atomic E-state index is 0.255. The predicted octanol–water partition coefficient (Wildman–Crippen LogP) is 7.11. The largest absolute Gasteiger partial charge is 0.324 e. The average molecular weight is 661 g/mol. The number of thioether (sulfide) groups is 1. The number of benzene rings is 4. The van der Waals surface area contributed by atoms with Crippen LogP contribution in [0.15, 0.2) is 94.7 Å².